The number of aromatic nitrogens is 1. The van der Waals surface area contributed by atoms with Gasteiger partial charge < -0.3 is 10.1 Å². The molecule has 2 N–H and O–H groups in total. The largest absolute Gasteiger partial charge is 0.478 e. The Morgan fingerprint density at radius 1 is 1.00 bits per heavy atom. The van der Waals surface area contributed by atoms with E-state index in [1.165, 1.54) is 6.26 Å². The lowest BCUT2D eigenvalue weighted by Gasteiger charge is -2.10. The van der Waals surface area contributed by atoms with Crippen LogP contribution in [0.2, 0.25) is 0 Å². The van der Waals surface area contributed by atoms with E-state index in [0.29, 0.717) is 22.3 Å². The minimum atomic E-state index is -3.10. The number of rotatable bonds is 4. The molecule has 0 saturated heterocycles. The highest BCUT2D eigenvalue weighted by Gasteiger charge is 2.15. The lowest BCUT2D eigenvalue weighted by Crippen LogP contribution is -2.01. The SMILES string of the molecule is CS(=O)(=O)Cc1ccc(C#Cc2cccc(C(=O)O)c2-c2ccc3cc[nH]c3c2)cc1. The van der Waals surface area contributed by atoms with Crippen LogP contribution in [-0.4, -0.2) is 30.7 Å². The molecule has 0 atom stereocenters. The van der Waals surface area contributed by atoms with E-state index < -0.39 is 15.8 Å². The molecule has 4 rings (SSSR count). The van der Waals surface area contributed by atoms with Crippen LogP contribution in [0.5, 0.6) is 0 Å². The molecule has 0 amide bonds. The monoisotopic (exact) mass is 429 g/mol. The predicted molar refractivity (Wildman–Crippen MR) is 122 cm³/mol. The van der Waals surface area contributed by atoms with Crippen molar-refractivity contribution in [3.63, 3.8) is 0 Å². The van der Waals surface area contributed by atoms with Gasteiger partial charge in [-0.25, -0.2) is 13.2 Å². The van der Waals surface area contributed by atoms with Crippen molar-refractivity contribution in [2.45, 2.75) is 5.75 Å². The van der Waals surface area contributed by atoms with Gasteiger partial charge in [0.25, 0.3) is 0 Å². The van der Waals surface area contributed by atoms with Gasteiger partial charge >= 0.3 is 5.97 Å². The van der Waals surface area contributed by atoms with Crippen LogP contribution in [-0.2, 0) is 15.6 Å². The van der Waals surface area contributed by atoms with Crippen molar-refractivity contribution in [3.05, 3.63) is 95.2 Å². The summed E-state index contributed by atoms with van der Waals surface area (Å²) in [5.41, 5.74) is 4.43. The topological polar surface area (TPSA) is 87.2 Å². The third kappa shape index (κ3) is 4.68. The maximum Gasteiger partial charge on any atom is 0.336 e. The van der Waals surface area contributed by atoms with Gasteiger partial charge in [-0.3, -0.25) is 0 Å². The van der Waals surface area contributed by atoms with Crippen molar-refractivity contribution in [1.82, 2.24) is 4.98 Å². The van der Waals surface area contributed by atoms with Gasteiger partial charge in [0.1, 0.15) is 0 Å². The quantitative estimate of drug-likeness (QED) is 0.469. The first-order valence-corrected chi connectivity index (χ1v) is 11.6. The van der Waals surface area contributed by atoms with Crippen LogP contribution < -0.4 is 0 Å². The van der Waals surface area contributed by atoms with Gasteiger partial charge in [-0.1, -0.05) is 42.2 Å². The molecule has 0 fully saturated rings. The fourth-order valence-corrected chi connectivity index (χ4v) is 4.27. The van der Waals surface area contributed by atoms with E-state index in [0.717, 1.165) is 16.5 Å². The average Bonchev–Trinajstić information content (AvgIpc) is 3.19. The van der Waals surface area contributed by atoms with Crippen LogP contribution in [0.3, 0.4) is 0 Å². The molecule has 4 aromatic rings. The second kappa shape index (κ2) is 8.13. The van der Waals surface area contributed by atoms with E-state index in [1.807, 2.05) is 30.5 Å². The van der Waals surface area contributed by atoms with E-state index in [1.54, 1.807) is 42.5 Å². The number of carboxylic acid groups (broad SMARTS) is 1. The molecule has 5 nitrogen and oxygen atoms in total. The predicted octanol–water partition coefficient (Wildman–Crippen LogP) is 4.48. The van der Waals surface area contributed by atoms with E-state index in [9.17, 15) is 18.3 Å². The number of hydrogen-bond donors (Lipinski definition) is 2. The summed E-state index contributed by atoms with van der Waals surface area (Å²) in [4.78, 5) is 15.0. The molecule has 0 aliphatic rings. The van der Waals surface area contributed by atoms with E-state index in [-0.39, 0.29) is 11.3 Å². The summed E-state index contributed by atoms with van der Waals surface area (Å²) in [5, 5.41) is 10.8. The summed E-state index contributed by atoms with van der Waals surface area (Å²) in [6.45, 7) is 0. The molecular formula is C25H19NO4S. The molecule has 3 aromatic carbocycles. The van der Waals surface area contributed by atoms with Gasteiger partial charge in [-0.2, -0.15) is 0 Å². The van der Waals surface area contributed by atoms with E-state index in [4.69, 9.17) is 0 Å². The van der Waals surface area contributed by atoms with Crippen molar-refractivity contribution in [1.29, 1.82) is 0 Å². The van der Waals surface area contributed by atoms with Gasteiger partial charge in [0, 0.05) is 34.7 Å². The van der Waals surface area contributed by atoms with Gasteiger partial charge in [-0.15, -0.1) is 0 Å². The van der Waals surface area contributed by atoms with Gasteiger partial charge in [0.2, 0.25) is 0 Å². The molecule has 1 aromatic heterocycles. The average molecular weight is 429 g/mol. The summed E-state index contributed by atoms with van der Waals surface area (Å²) in [7, 11) is -3.10. The highest BCUT2D eigenvalue weighted by molar-refractivity contribution is 7.89. The number of carbonyl (C=O) groups is 1. The highest BCUT2D eigenvalue weighted by Crippen LogP contribution is 2.30. The second-order valence-electron chi connectivity index (χ2n) is 7.33. The zero-order valence-corrected chi connectivity index (χ0v) is 17.5. The summed E-state index contributed by atoms with van der Waals surface area (Å²) >= 11 is 0. The lowest BCUT2D eigenvalue weighted by atomic mass is 9.93. The number of nitrogens with one attached hydrogen (secondary N) is 1. The Morgan fingerprint density at radius 3 is 2.48 bits per heavy atom. The third-order valence-corrected chi connectivity index (χ3v) is 5.72. The summed E-state index contributed by atoms with van der Waals surface area (Å²) in [6.07, 6.45) is 3.04. The Kier molecular flexibility index (Phi) is 5.37. The molecule has 0 bridgehead atoms. The molecule has 0 spiro atoms. The Hall–Kier alpha value is -3.82. The molecule has 31 heavy (non-hydrogen) atoms. The van der Waals surface area contributed by atoms with Crippen molar-refractivity contribution < 1.29 is 18.3 Å². The van der Waals surface area contributed by atoms with Crippen LogP contribution >= 0.6 is 0 Å². The highest BCUT2D eigenvalue weighted by atomic mass is 32.2. The Morgan fingerprint density at radius 2 is 1.77 bits per heavy atom. The molecule has 154 valence electrons. The zero-order valence-electron chi connectivity index (χ0n) is 16.7. The van der Waals surface area contributed by atoms with Crippen molar-refractivity contribution >= 4 is 26.7 Å². The summed E-state index contributed by atoms with van der Waals surface area (Å²) in [6, 6.07) is 19.8. The second-order valence-corrected chi connectivity index (χ2v) is 9.47. The number of hydrogen-bond acceptors (Lipinski definition) is 3. The van der Waals surface area contributed by atoms with Crippen LogP contribution in [0, 0.1) is 11.8 Å². The summed E-state index contributed by atoms with van der Waals surface area (Å²) < 4.78 is 22.9. The number of H-pyrrole nitrogens is 1. The van der Waals surface area contributed by atoms with Crippen LogP contribution in [0.4, 0.5) is 0 Å². The van der Waals surface area contributed by atoms with Gasteiger partial charge in [0.05, 0.1) is 11.3 Å². The number of aromatic carboxylic acids is 1. The van der Waals surface area contributed by atoms with Crippen LogP contribution in [0.15, 0.2) is 72.9 Å². The van der Waals surface area contributed by atoms with Crippen molar-refractivity contribution in [2.75, 3.05) is 6.26 Å². The van der Waals surface area contributed by atoms with E-state index >= 15 is 0 Å². The maximum absolute atomic E-state index is 11.9. The third-order valence-electron chi connectivity index (χ3n) is 4.86. The van der Waals surface area contributed by atoms with E-state index in [2.05, 4.69) is 16.8 Å². The maximum atomic E-state index is 11.9. The molecule has 0 radical (unpaired) electrons. The van der Waals surface area contributed by atoms with Crippen LogP contribution in [0.1, 0.15) is 27.0 Å². The Labute approximate surface area is 180 Å². The van der Waals surface area contributed by atoms with Gasteiger partial charge in [0.15, 0.2) is 9.84 Å². The first-order valence-electron chi connectivity index (χ1n) is 9.53. The van der Waals surface area contributed by atoms with Crippen LogP contribution in [0.25, 0.3) is 22.0 Å². The fourth-order valence-electron chi connectivity index (χ4n) is 3.48. The smallest absolute Gasteiger partial charge is 0.336 e. The standard InChI is InChI=1S/C25H19NO4S/c1-31(29,30)16-18-7-5-17(6-8-18)9-10-20-3-2-4-22(25(27)28)24(20)21-12-11-19-13-14-26-23(19)15-21/h2-8,11-15,26H,16H2,1H3,(H,27,28). The van der Waals surface area contributed by atoms with Crippen molar-refractivity contribution in [2.24, 2.45) is 0 Å². The van der Waals surface area contributed by atoms with Gasteiger partial charge in [-0.05, 0) is 52.9 Å². The molecule has 0 aliphatic heterocycles. The number of benzene rings is 3. The fraction of sp³-hybridized carbons (Fsp3) is 0.0800. The van der Waals surface area contributed by atoms with Crippen molar-refractivity contribution in [3.8, 4) is 23.0 Å². The number of fused-ring (bicyclic) bond motifs is 1. The first kappa shape index (κ1) is 20.5. The first-order chi connectivity index (χ1) is 14.8. The zero-order chi connectivity index (χ0) is 22.0. The summed E-state index contributed by atoms with van der Waals surface area (Å²) in [5.74, 6) is 5.11. The molecular weight excluding hydrogens is 410 g/mol. The minimum Gasteiger partial charge on any atom is -0.478 e. The molecule has 0 aliphatic carbocycles. The molecule has 1 heterocycles. The molecule has 0 saturated carbocycles. The lowest BCUT2D eigenvalue weighted by molar-refractivity contribution is 0.0697. The minimum absolute atomic E-state index is 0.0211. The molecule has 0 unspecified atom stereocenters. The Bertz CT molecular complexity index is 1450. The number of aromatic amines is 1. The number of carboxylic acids is 1. The molecule has 6 heteroatoms. The Balaban J connectivity index is 1.76. The number of sulfone groups is 1. The normalized spacial score (nSPS) is 11.1.